The minimum Gasteiger partial charge on any atom is -0.422 e. The molecule has 0 unspecified atom stereocenters. The minimum atomic E-state index is -1.12. The number of hydrogen-bond donors (Lipinski definition) is 3. The lowest BCUT2D eigenvalue weighted by molar-refractivity contribution is 0.176. The fraction of sp³-hybridized carbons (Fsp3) is 0. The zero-order chi connectivity index (χ0) is 9.30. The van der Waals surface area contributed by atoms with Gasteiger partial charge in [-0.25, -0.2) is 4.79 Å². The van der Waals surface area contributed by atoms with Crippen molar-refractivity contribution in [2.45, 2.75) is 0 Å². The van der Waals surface area contributed by atoms with E-state index in [0.29, 0.717) is 0 Å². The Bertz CT molecular complexity index is 430. The van der Waals surface area contributed by atoms with Gasteiger partial charge < -0.3 is 10.9 Å². The van der Waals surface area contributed by atoms with Crippen LogP contribution in [-0.2, 0) is 0 Å². The highest BCUT2D eigenvalue weighted by Gasteiger charge is 2.11. The van der Waals surface area contributed by atoms with Crippen LogP contribution in [0, 0.1) is 4.91 Å². The second kappa shape index (κ2) is 2.49. The van der Waals surface area contributed by atoms with Crippen LogP contribution in [0.1, 0.15) is 0 Å². The Kier molecular flexibility index (Phi) is 1.66. The molecular weight excluding hydrogens is 168 g/mol. The van der Waals surface area contributed by atoms with Crippen molar-refractivity contribution in [3.05, 3.63) is 25.7 Å². The molecule has 1 heterocycles. The molecule has 8 nitrogen and oxygen atoms in total. The third-order valence-electron chi connectivity index (χ3n) is 1.19. The van der Waals surface area contributed by atoms with E-state index in [1.54, 1.807) is 4.98 Å². The number of rotatable bonds is 1. The Morgan fingerprint density at radius 1 is 1.50 bits per heavy atom. The van der Waals surface area contributed by atoms with Crippen LogP contribution in [0.4, 0.5) is 11.5 Å². The molecule has 0 saturated heterocycles. The largest absolute Gasteiger partial charge is 0.422 e. The van der Waals surface area contributed by atoms with Crippen molar-refractivity contribution in [3.8, 4) is 0 Å². The molecule has 1 aromatic heterocycles. The number of aromatic amines is 1. The van der Waals surface area contributed by atoms with Crippen LogP contribution in [0.2, 0.25) is 0 Å². The molecule has 0 fully saturated rings. The van der Waals surface area contributed by atoms with E-state index in [1.165, 1.54) is 0 Å². The predicted molar refractivity (Wildman–Crippen MR) is 38.4 cm³/mol. The highest BCUT2D eigenvalue weighted by molar-refractivity contribution is 5.54. The van der Waals surface area contributed by atoms with Gasteiger partial charge in [0.25, 0.3) is 5.56 Å². The van der Waals surface area contributed by atoms with E-state index in [9.17, 15) is 14.5 Å². The van der Waals surface area contributed by atoms with Gasteiger partial charge >= 0.3 is 5.69 Å². The topological polar surface area (TPSA) is 131 Å². The summed E-state index contributed by atoms with van der Waals surface area (Å²) < 4.78 is -0.0713. The second-order valence-corrected chi connectivity index (χ2v) is 1.90. The fourth-order valence-corrected chi connectivity index (χ4v) is 0.624. The number of nitrogens with one attached hydrogen (secondary N) is 1. The van der Waals surface area contributed by atoms with Gasteiger partial charge in [-0.2, -0.15) is 0 Å². The van der Waals surface area contributed by atoms with Gasteiger partial charge in [0.1, 0.15) is 0 Å². The molecule has 0 aliphatic carbocycles. The van der Waals surface area contributed by atoms with Crippen molar-refractivity contribution in [2.75, 3.05) is 5.73 Å². The maximum Gasteiger partial charge on any atom is 0.363 e. The summed E-state index contributed by atoms with van der Waals surface area (Å²) in [6.45, 7) is 0. The van der Waals surface area contributed by atoms with Crippen LogP contribution in [-0.4, -0.2) is 14.9 Å². The molecule has 0 aliphatic heterocycles. The molecule has 4 N–H and O–H groups in total. The number of anilines is 1. The lowest BCUT2D eigenvalue weighted by atomic mass is 10.5. The van der Waals surface area contributed by atoms with Crippen molar-refractivity contribution in [3.63, 3.8) is 0 Å². The Labute approximate surface area is 64.2 Å². The quantitative estimate of drug-likeness (QED) is 0.360. The van der Waals surface area contributed by atoms with Gasteiger partial charge in [0, 0.05) is 0 Å². The van der Waals surface area contributed by atoms with E-state index >= 15 is 0 Å². The van der Waals surface area contributed by atoms with Gasteiger partial charge in [0.15, 0.2) is 5.82 Å². The normalized spacial score (nSPS) is 9.67. The molecule has 12 heavy (non-hydrogen) atoms. The zero-order valence-corrected chi connectivity index (χ0v) is 5.64. The molecule has 0 aliphatic rings. The number of nitrogens with zero attached hydrogens (tertiary/aromatic N) is 2. The summed E-state index contributed by atoms with van der Waals surface area (Å²) in [6, 6.07) is 0. The van der Waals surface area contributed by atoms with Crippen molar-refractivity contribution in [1.82, 2.24) is 9.71 Å². The Morgan fingerprint density at radius 2 is 2.08 bits per heavy atom. The highest BCUT2D eigenvalue weighted by Crippen LogP contribution is 2.10. The summed E-state index contributed by atoms with van der Waals surface area (Å²) in [7, 11) is 0. The number of nitrogen functional groups attached to an aromatic ring is 1. The highest BCUT2D eigenvalue weighted by atomic mass is 16.5. The maximum absolute atomic E-state index is 10.7. The third kappa shape index (κ3) is 0.944. The monoisotopic (exact) mass is 172 g/mol. The number of nitrogens with two attached hydrogens (primary N) is 1. The summed E-state index contributed by atoms with van der Waals surface area (Å²) in [4.78, 5) is 32.8. The molecule has 64 valence electrons. The molecule has 1 rings (SSSR count). The van der Waals surface area contributed by atoms with E-state index in [-0.39, 0.29) is 4.73 Å². The van der Waals surface area contributed by atoms with E-state index in [2.05, 4.69) is 5.18 Å². The summed E-state index contributed by atoms with van der Waals surface area (Å²) >= 11 is 0. The zero-order valence-electron chi connectivity index (χ0n) is 5.64. The second-order valence-electron chi connectivity index (χ2n) is 1.90. The van der Waals surface area contributed by atoms with Gasteiger partial charge in [-0.15, -0.1) is 9.64 Å². The van der Waals surface area contributed by atoms with Crippen LogP contribution < -0.4 is 17.0 Å². The number of nitroso groups, excluding NO2 is 1. The van der Waals surface area contributed by atoms with Gasteiger partial charge in [-0.3, -0.25) is 9.78 Å². The van der Waals surface area contributed by atoms with Gasteiger partial charge in [0.2, 0.25) is 5.69 Å². The van der Waals surface area contributed by atoms with Crippen LogP contribution in [0.15, 0.2) is 14.8 Å². The molecule has 0 aromatic carbocycles. The SMILES string of the molecule is Nc1c(N=O)c(=O)[nH]c(=O)n1O. The number of aromatic nitrogens is 2. The first kappa shape index (κ1) is 7.98. The lowest BCUT2D eigenvalue weighted by Crippen LogP contribution is -2.30. The van der Waals surface area contributed by atoms with Crippen molar-refractivity contribution in [2.24, 2.45) is 5.18 Å². The molecular formula is C4H4N4O4. The Hall–Kier alpha value is -2.12. The van der Waals surface area contributed by atoms with Gasteiger partial charge in [-0.1, -0.05) is 0 Å². The van der Waals surface area contributed by atoms with Crippen LogP contribution in [0.3, 0.4) is 0 Å². The first-order valence-electron chi connectivity index (χ1n) is 2.75. The third-order valence-corrected chi connectivity index (χ3v) is 1.19. The molecule has 8 heteroatoms. The molecule has 0 amide bonds. The first-order chi connectivity index (χ1) is 5.57. The maximum atomic E-state index is 10.7. The molecule has 0 spiro atoms. The van der Waals surface area contributed by atoms with Gasteiger partial charge in [-0.05, 0) is 5.18 Å². The van der Waals surface area contributed by atoms with Crippen molar-refractivity contribution in [1.29, 1.82) is 0 Å². The summed E-state index contributed by atoms with van der Waals surface area (Å²) in [5.74, 6) is -0.682. The van der Waals surface area contributed by atoms with E-state index < -0.39 is 22.8 Å². The number of hydrogen-bond acceptors (Lipinski definition) is 6. The molecule has 0 bridgehead atoms. The average Bonchev–Trinajstić information content (AvgIpc) is 2.01. The Morgan fingerprint density at radius 3 is 2.58 bits per heavy atom. The summed E-state index contributed by atoms with van der Waals surface area (Å²) in [5, 5.41) is 11.0. The van der Waals surface area contributed by atoms with E-state index in [1.807, 2.05) is 0 Å². The predicted octanol–water partition coefficient (Wildman–Crippen LogP) is -1.25. The average molecular weight is 172 g/mol. The van der Waals surface area contributed by atoms with E-state index in [4.69, 9.17) is 10.9 Å². The first-order valence-corrected chi connectivity index (χ1v) is 2.75. The molecule has 1 aromatic rings. The number of H-pyrrole nitrogens is 1. The van der Waals surface area contributed by atoms with Crippen LogP contribution in [0.5, 0.6) is 0 Å². The fourth-order valence-electron chi connectivity index (χ4n) is 0.624. The minimum absolute atomic E-state index is 0.0713. The smallest absolute Gasteiger partial charge is 0.363 e. The molecule has 0 radical (unpaired) electrons. The Balaban J connectivity index is 3.74. The van der Waals surface area contributed by atoms with Crippen molar-refractivity contribution >= 4 is 11.5 Å². The van der Waals surface area contributed by atoms with Crippen molar-refractivity contribution < 1.29 is 5.21 Å². The van der Waals surface area contributed by atoms with E-state index in [0.717, 1.165) is 0 Å². The molecule has 0 saturated carbocycles. The summed E-state index contributed by atoms with van der Waals surface area (Å²) in [6.07, 6.45) is 0. The van der Waals surface area contributed by atoms with Gasteiger partial charge in [0.05, 0.1) is 0 Å². The summed E-state index contributed by atoms with van der Waals surface area (Å²) in [5.41, 5.74) is 2.12. The van der Waals surface area contributed by atoms with Crippen LogP contribution >= 0.6 is 0 Å². The standard InChI is InChI=1S/C4H4N4O4/c5-2-1(7-11)3(9)6-4(10)8(2)12/h12H,5H2,(H,6,9,10). The lowest BCUT2D eigenvalue weighted by Gasteiger charge is -1.99. The van der Waals surface area contributed by atoms with Crippen LogP contribution in [0.25, 0.3) is 0 Å². The molecule has 0 atom stereocenters.